The summed E-state index contributed by atoms with van der Waals surface area (Å²) >= 11 is 6.58. The van der Waals surface area contributed by atoms with Crippen LogP contribution in [-0.2, 0) is 15.8 Å². The molecule has 21 heavy (non-hydrogen) atoms. The molecule has 0 radical (unpaired) electrons. The molecule has 0 bridgehead atoms. The molecular formula is C13H11ClF3NO2S. The van der Waals surface area contributed by atoms with E-state index in [1.807, 2.05) is 0 Å². The van der Waals surface area contributed by atoms with Gasteiger partial charge in [0, 0.05) is 30.8 Å². The number of amides is 1. The normalized spacial score (nSPS) is 19.2. The smallest absolute Gasteiger partial charge is 0.311 e. The molecule has 1 unspecified atom stereocenters. The number of alkyl halides is 3. The van der Waals surface area contributed by atoms with Crippen LogP contribution in [0.3, 0.4) is 0 Å². The van der Waals surface area contributed by atoms with Gasteiger partial charge in [0.05, 0.1) is 10.6 Å². The van der Waals surface area contributed by atoms with E-state index in [1.165, 1.54) is 17.9 Å². The third-order valence-corrected chi connectivity index (χ3v) is 4.30. The van der Waals surface area contributed by atoms with E-state index in [1.54, 1.807) is 0 Å². The lowest BCUT2D eigenvalue weighted by molar-refractivity contribution is -0.137. The van der Waals surface area contributed by atoms with Crippen molar-refractivity contribution in [3.8, 4) is 0 Å². The zero-order valence-corrected chi connectivity index (χ0v) is 12.5. The highest BCUT2D eigenvalue weighted by molar-refractivity contribution is 8.14. The van der Waals surface area contributed by atoms with Crippen LogP contribution in [-0.4, -0.2) is 22.8 Å². The van der Waals surface area contributed by atoms with Crippen molar-refractivity contribution < 1.29 is 22.8 Å². The van der Waals surface area contributed by atoms with Gasteiger partial charge in [-0.3, -0.25) is 9.59 Å². The van der Waals surface area contributed by atoms with Gasteiger partial charge in [-0.1, -0.05) is 23.4 Å². The summed E-state index contributed by atoms with van der Waals surface area (Å²) in [5.74, 6) is -0.302. The molecule has 1 aliphatic heterocycles. The molecule has 0 N–H and O–H groups in total. The fraction of sp³-hybridized carbons (Fsp3) is 0.385. The molecule has 8 heteroatoms. The second-order valence-electron chi connectivity index (χ2n) is 4.60. The zero-order valence-electron chi connectivity index (χ0n) is 10.9. The lowest BCUT2D eigenvalue weighted by Crippen LogP contribution is -2.25. The third kappa shape index (κ3) is 3.71. The van der Waals surface area contributed by atoms with Gasteiger partial charge in [-0.2, -0.15) is 13.2 Å². The van der Waals surface area contributed by atoms with Crippen molar-refractivity contribution in [3.63, 3.8) is 0 Å². The molecule has 1 aromatic carbocycles. The molecule has 0 aliphatic carbocycles. The number of nitrogens with zero attached hydrogens (tertiary/aromatic N) is 1. The maximum absolute atomic E-state index is 12.8. The predicted molar refractivity (Wildman–Crippen MR) is 75.5 cm³/mol. The van der Waals surface area contributed by atoms with Gasteiger partial charge in [-0.05, 0) is 18.2 Å². The highest BCUT2D eigenvalue weighted by atomic mass is 35.5. The van der Waals surface area contributed by atoms with Gasteiger partial charge in [0.2, 0.25) is 5.91 Å². The Morgan fingerprint density at radius 2 is 2.10 bits per heavy atom. The molecule has 0 spiro atoms. The van der Waals surface area contributed by atoms with E-state index in [0.29, 0.717) is 0 Å². The second-order valence-corrected chi connectivity index (χ2v) is 6.49. The van der Waals surface area contributed by atoms with Crippen LogP contribution in [0.5, 0.6) is 0 Å². The molecule has 0 aromatic heterocycles. The van der Waals surface area contributed by atoms with Crippen LogP contribution in [0, 0.1) is 0 Å². The maximum atomic E-state index is 12.8. The molecule has 1 aromatic rings. The number of anilines is 1. The monoisotopic (exact) mass is 337 g/mol. The van der Waals surface area contributed by atoms with Crippen LogP contribution in [0.1, 0.15) is 18.9 Å². The van der Waals surface area contributed by atoms with Gasteiger partial charge in [0.15, 0.2) is 5.12 Å². The highest BCUT2D eigenvalue weighted by Crippen LogP contribution is 2.38. The van der Waals surface area contributed by atoms with E-state index < -0.39 is 16.8 Å². The third-order valence-electron chi connectivity index (χ3n) is 2.99. The van der Waals surface area contributed by atoms with Gasteiger partial charge < -0.3 is 4.90 Å². The summed E-state index contributed by atoms with van der Waals surface area (Å²) in [6, 6.07) is 3.36. The van der Waals surface area contributed by atoms with Crippen molar-refractivity contribution in [2.24, 2.45) is 0 Å². The summed E-state index contributed by atoms with van der Waals surface area (Å²) in [6.45, 7) is 1.60. The van der Waals surface area contributed by atoms with Crippen LogP contribution in [0.15, 0.2) is 18.2 Å². The lowest BCUT2D eigenvalue weighted by atomic mass is 10.2. The summed E-state index contributed by atoms with van der Waals surface area (Å²) in [5.41, 5.74) is -0.833. The van der Waals surface area contributed by atoms with E-state index in [9.17, 15) is 22.8 Å². The molecule has 1 amide bonds. The van der Waals surface area contributed by atoms with Crippen LogP contribution < -0.4 is 4.90 Å². The largest absolute Gasteiger partial charge is 0.417 e. The zero-order chi connectivity index (χ0) is 15.8. The predicted octanol–water partition coefficient (Wildman–Crippen LogP) is 3.74. The molecule has 3 nitrogen and oxygen atoms in total. The van der Waals surface area contributed by atoms with Crippen LogP contribution >= 0.6 is 23.4 Å². The average Bonchev–Trinajstić information content (AvgIpc) is 2.68. The molecular weight excluding hydrogens is 327 g/mol. The van der Waals surface area contributed by atoms with Crippen molar-refractivity contribution in [2.45, 2.75) is 24.8 Å². The van der Waals surface area contributed by atoms with Gasteiger partial charge in [0.25, 0.3) is 0 Å². The number of thioether (sulfide) groups is 1. The standard InChI is InChI=1S/C13H11ClF3NO2S/c1-7(19)21-9-5-12(20)18(6-9)8-2-3-11(14)10(4-8)13(15,16)17/h2-4,9H,5-6H2,1H3. The van der Waals surface area contributed by atoms with E-state index in [2.05, 4.69) is 0 Å². The van der Waals surface area contributed by atoms with Gasteiger partial charge in [-0.25, -0.2) is 0 Å². The minimum absolute atomic E-state index is 0.123. The summed E-state index contributed by atoms with van der Waals surface area (Å²) < 4.78 is 38.5. The fourth-order valence-electron chi connectivity index (χ4n) is 2.14. The first-order valence-corrected chi connectivity index (χ1v) is 7.28. The molecule has 1 saturated heterocycles. The first kappa shape index (κ1) is 16.2. The van der Waals surface area contributed by atoms with Gasteiger partial charge >= 0.3 is 6.18 Å². The number of hydrogen-bond acceptors (Lipinski definition) is 3. The van der Waals surface area contributed by atoms with Crippen LogP contribution in [0.25, 0.3) is 0 Å². The van der Waals surface area contributed by atoms with Crippen molar-refractivity contribution in [2.75, 3.05) is 11.4 Å². The Bertz CT molecular complexity index is 591. The van der Waals surface area contributed by atoms with Crippen molar-refractivity contribution >= 4 is 40.1 Å². The van der Waals surface area contributed by atoms with Crippen LogP contribution in [0.2, 0.25) is 5.02 Å². The molecule has 1 aliphatic rings. The molecule has 1 heterocycles. The fourth-order valence-corrected chi connectivity index (χ4v) is 3.28. The number of carbonyl (C=O) groups excluding carboxylic acids is 2. The Morgan fingerprint density at radius 3 is 2.67 bits per heavy atom. The first-order chi connectivity index (χ1) is 9.68. The topological polar surface area (TPSA) is 37.4 Å². The molecule has 1 atom stereocenters. The van der Waals surface area contributed by atoms with Gasteiger partial charge in [0.1, 0.15) is 0 Å². The summed E-state index contributed by atoms with van der Waals surface area (Å²) in [7, 11) is 0. The van der Waals surface area contributed by atoms with E-state index in [-0.39, 0.29) is 34.9 Å². The van der Waals surface area contributed by atoms with Gasteiger partial charge in [-0.15, -0.1) is 0 Å². The SMILES string of the molecule is CC(=O)SC1CC(=O)N(c2ccc(Cl)c(C(F)(F)F)c2)C1. The minimum atomic E-state index is -4.58. The Hall–Kier alpha value is -1.21. The summed E-state index contributed by atoms with van der Waals surface area (Å²) in [6.07, 6.45) is -4.45. The first-order valence-electron chi connectivity index (χ1n) is 6.03. The Morgan fingerprint density at radius 1 is 1.43 bits per heavy atom. The van der Waals surface area contributed by atoms with Crippen molar-refractivity contribution in [1.29, 1.82) is 0 Å². The van der Waals surface area contributed by atoms with E-state index in [4.69, 9.17) is 11.6 Å². The molecule has 1 fully saturated rings. The van der Waals surface area contributed by atoms with Crippen LogP contribution in [0.4, 0.5) is 18.9 Å². The Balaban J connectivity index is 2.27. The van der Waals surface area contributed by atoms with Crippen molar-refractivity contribution in [3.05, 3.63) is 28.8 Å². The number of benzene rings is 1. The number of halogens is 4. The minimum Gasteiger partial charge on any atom is -0.311 e. The lowest BCUT2D eigenvalue weighted by Gasteiger charge is -2.19. The Labute approximate surface area is 128 Å². The molecule has 2 rings (SSSR count). The molecule has 0 saturated carbocycles. The quantitative estimate of drug-likeness (QED) is 0.825. The highest BCUT2D eigenvalue weighted by Gasteiger charge is 2.36. The number of carbonyl (C=O) groups is 2. The number of hydrogen-bond donors (Lipinski definition) is 0. The maximum Gasteiger partial charge on any atom is 0.417 e. The average molecular weight is 338 g/mol. The van der Waals surface area contributed by atoms with E-state index in [0.717, 1.165) is 23.9 Å². The molecule has 114 valence electrons. The van der Waals surface area contributed by atoms with Crippen molar-refractivity contribution in [1.82, 2.24) is 0 Å². The Kier molecular flexibility index (Phi) is 4.53. The summed E-state index contributed by atoms with van der Waals surface area (Å²) in [5, 5.41) is -0.769. The number of rotatable bonds is 2. The van der Waals surface area contributed by atoms with E-state index >= 15 is 0 Å². The second kappa shape index (κ2) is 5.88. The summed E-state index contributed by atoms with van der Waals surface area (Å²) in [4.78, 5) is 24.2.